The van der Waals surface area contributed by atoms with Crippen LogP contribution in [0.4, 0.5) is 0 Å². The summed E-state index contributed by atoms with van der Waals surface area (Å²) in [6.45, 7) is 6.30. The Labute approximate surface area is 74.9 Å². The van der Waals surface area contributed by atoms with E-state index in [9.17, 15) is 0 Å². The van der Waals surface area contributed by atoms with Crippen LogP contribution in [0.2, 0.25) is 0 Å². The second-order valence-electron chi connectivity index (χ2n) is 2.56. The number of allylic oxidation sites excluding steroid dienone is 4. The van der Waals surface area contributed by atoms with Gasteiger partial charge in [0.25, 0.3) is 0 Å². The molecule has 0 aromatic rings. The lowest BCUT2D eigenvalue weighted by Gasteiger charge is -1.98. The summed E-state index contributed by atoms with van der Waals surface area (Å²) in [5, 5.41) is 0.951. The van der Waals surface area contributed by atoms with Crippen molar-refractivity contribution in [2.75, 3.05) is 0 Å². The van der Waals surface area contributed by atoms with Gasteiger partial charge in [0.15, 0.2) is 0 Å². The van der Waals surface area contributed by atoms with Gasteiger partial charge in [-0.15, -0.1) is 0 Å². The molecule has 0 amide bonds. The van der Waals surface area contributed by atoms with Gasteiger partial charge in [-0.2, -0.15) is 0 Å². The first-order valence-corrected chi connectivity index (χ1v) is 4.63. The van der Waals surface area contributed by atoms with Crippen LogP contribution in [0, 0.1) is 0 Å². The van der Waals surface area contributed by atoms with Gasteiger partial charge in [0.1, 0.15) is 0 Å². The lowest BCUT2D eigenvalue weighted by Crippen LogP contribution is -1.78. The molecule has 0 heterocycles. The van der Waals surface area contributed by atoms with Gasteiger partial charge >= 0.3 is 0 Å². The summed E-state index contributed by atoms with van der Waals surface area (Å²) in [5.74, 6) is 0. The number of hydrogen-bond acceptors (Lipinski definition) is 0. The van der Waals surface area contributed by atoms with Crippen LogP contribution in [0.25, 0.3) is 0 Å². The van der Waals surface area contributed by atoms with E-state index < -0.39 is 0 Å². The molecule has 11 heavy (non-hydrogen) atoms. The van der Waals surface area contributed by atoms with Crippen molar-refractivity contribution in [3.63, 3.8) is 0 Å². The van der Waals surface area contributed by atoms with E-state index in [-0.39, 0.29) is 0 Å². The van der Waals surface area contributed by atoms with Crippen molar-refractivity contribution in [2.45, 2.75) is 40.0 Å². The second kappa shape index (κ2) is 6.48. The van der Waals surface area contributed by atoms with E-state index >= 15 is 0 Å². The molecule has 0 aromatic heterocycles. The van der Waals surface area contributed by atoms with E-state index in [0.717, 1.165) is 17.9 Å². The van der Waals surface area contributed by atoms with E-state index in [0.29, 0.717) is 0 Å². The molecule has 0 spiro atoms. The molecule has 0 aliphatic rings. The maximum atomic E-state index is 5.89. The fraction of sp³-hybridized carbons (Fsp3) is 0.600. The zero-order chi connectivity index (χ0) is 8.69. The van der Waals surface area contributed by atoms with Crippen LogP contribution in [-0.2, 0) is 0 Å². The van der Waals surface area contributed by atoms with Gasteiger partial charge < -0.3 is 0 Å². The predicted octanol–water partition coefficient (Wildman–Crippen LogP) is 4.27. The molecule has 0 N–H and O–H groups in total. The molecule has 0 bridgehead atoms. The first-order chi connectivity index (χ1) is 5.24. The Balaban J connectivity index is 4.07. The minimum Gasteiger partial charge on any atom is -0.0892 e. The van der Waals surface area contributed by atoms with E-state index in [1.807, 2.05) is 0 Å². The standard InChI is InChI=1S/C10H17Cl/c1-4-7-9(5-2)8-10(11)6-3/h5,8H,4,6-7H2,1-3H3/b9-5-,10-8+. The highest BCUT2D eigenvalue weighted by molar-refractivity contribution is 6.29. The summed E-state index contributed by atoms with van der Waals surface area (Å²) < 4.78 is 0. The van der Waals surface area contributed by atoms with Crippen molar-refractivity contribution in [3.8, 4) is 0 Å². The van der Waals surface area contributed by atoms with Crippen LogP contribution in [0.15, 0.2) is 22.8 Å². The molecular formula is C10H17Cl. The highest BCUT2D eigenvalue weighted by Crippen LogP contribution is 2.14. The third-order valence-corrected chi connectivity index (χ3v) is 1.97. The Bertz CT molecular complexity index is 154. The molecule has 0 radical (unpaired) electrons. The van der Waals surface area contributed by atoms with Gasteiger partial charge in [-0.3, -0.25) is 0 Å². The normalized spacial score (nSPS) is 13.8. The third-order valence-electron chi connectivity index (χ3n) is 1.59. The van der Waals surface area contributed by atoms with Crippen molar-refractivity contribution in [1.82, 2.24) is 0 Å². The van der Waals surface area contributed by atoms with Crippen LogP contribution in [0.5, 0.6) is 0 Å². The molecule has 0 nitrogen and oxygen atoms in total. The fourth-order valence-corrected chi connectivity index (χ4v) is 1.03. The molecule has 0 unspecified atom stereocenters. The van der Waals surface area contributed by atoms with Crippen molar-refractivity contribution in [3.05, 3.63) is 22.8 Å². The van der Waals surface area contributed by atoms with Gasteiger partial charge in [0.2, 0.25) is 0 Å². The highest BCUT2D eigenvalue weighted by atomic mass is 35.5. The Kier molecular flexibility index (Phi) is 6.34. The first kappa shape index (κ1) is 10.8. The average Bonchev–Trinajstić information content (AvgIpc) is 2.03. The molecule has 0 rings (SSSR count). The lowest BCUT2D eigenvalue weighted by molar-refractivity contribution is 0.921. The topological polar surface area (TPSA) is 0 Å². The van der Waals surface area contributed by atoms with Crippen LogP contribution in [-0.4, -0.2) is 0 Å². The molecule has 0 aliphatic heterocycles. The minimum absolute atomic E-state index is 0.933. The van der Waals surface area contributed by atoms with Crippen LogP contribution >= 0.6 is 11.6 Å². The summed E-state index contributed by atoms with van der Waals surface area (Å²) in [6.07, 6.45) is 7.45. The number of rotatable bonds is 4. The molecule has 0 saturated carbocycles. The largest absolute Gasteiger partial charge is 0.0892 e. The first-order valence-electron chi connectivity index (χ1n) is 4.25. The fourth-order valence-electron chi connectivity index (χ4n) is 0.892. The average molecular weight is 173 g/mol. The predicted molar refractivity (Wildman–Crippen MR) is 52.9 cm³/mol. The molecule has 0 fully saturated rings. The SMILES string of the molecule is C/C=C(\C=C(\Cl)CC)CCC. The molecule has 1 heteroatoms. The zero-order valence-corrected chi connectivity index (χ0v) is 8.41. The van der Waals surface area contributed by atoms with Crippen molar-refractivity contribution in [1.29, 1.82) is 0 Å². The maximum absolute atomic E-state index is 5.89. The Morgan fingerprint density at radius 2 is 2.00 bits per heavy atom. The summed E-state index contributed by atoms with van der Waals surface area (Å²) in [6, 6.07) is 0. The molecular weight excluding hydrogens is 156 g/mol. The van der Waals surface area contributed by atoms with Gasteiger partial charge in [-0.1, -0.05) is 43.5 Å². The van der Waals surface area contributed by atoms with Crippen LogP contribution in [0.3, 0.4) is 0 Å². The van der Waals surface area contributed by atoms with Gasteiger partial charge in [-0.05, 0) is 25.8 Å². The summed E-state index contributed by atoms with van der Waals surface area (Å²) in [5.41, 5.74) is 1.35. The minimum atomic E-state index is 0.933. The van der Waals surface area contributed by atoms with Crippen LogP contribution in [0.1, 0.15) is 40.0 Å². The molecule has 0 aromatic carbocycles. The van der Waals surface area contributed by atoms with E-state index in [2.05, 4.69) is 32.9 Å². The van der Waals surface area contributed by atoms with Gasteiger partial charge in [0, 0.05) is 5.03 Å². The summed E-state index contributed by atoms with van der Waals surface area (Å²) in [4.78, 5) is 0. The Hall–Kier alpha value is -0.230. The monoisotopic (exact) mass is 172 g/mol. The zero-order valence-electron chi connectivity index (χ0n) is 7.65. The second-order valence-corrected chi connectivity index (χ2v) is 3.04. The van der Waals surface area contributed by atoms with E-state index in [1.54, 1.807) is 0 Å². The summed E-state index contributed by atoms with van der Waals surface area (Å²) in [7, 11) is 0. The third kappa shape index (κ3) is 5.09. The van der Waals surface area contributed by atoms with Crippen molar-refractivity contribution in [2.24, 2.45) is 0 Å². The molecule has 0 aliphatic carbocycles. The van der Waals surface area contributed by atoms with E-state index in [1.165, 1.54) is 12.0 Å². The smallest absolute Gasteiger partial charge is 0.0180 e. The van der Waals surface area contributed by atoms with E-state index in [4.69, 9.17) is 11.6 Å². The lowest BCUT2D eigenvalue weighted by atomic mass is 10.1. The van der Waals surface area contributed by atoms with Gasteiger partial charge in [0.05, 0.1) is 0 Å². The van der Waals surface area contributed by atoms with Crippen LogP contribution < -0.4 is 0 Å². The van der Waals surface area contributed by atoms with Crippen molar-refractivity contribution < 1.29 is 0 Å². The Morgan fingerprint density at radius 3 is 2.36 bits per heavy atom. The highest BCUT2D eigenvalue weighted by Gasteiger charge is 1.91. The Morgan fingerprint density at radius 1 is 1.36 bits per heavy atom. The van der Waals surface area contributed by atoms with Gasteiger partial charge in [-0.25, -0.2) is 0 Å². The maximum Gasteiger partial charge on any atom is 0.0180 e. The summed E-state index contributed by atoms with van der Waals surface area (Å²) >= 11 is 5.89. The van der Waals surface area contributed by atoms with Crippen molar-refractivity contribution >= 4 is 11.6 Å². The molecule has 64 valence electrons. The quantitative estimate of drug-likeness (QED) is 0.556. The molecule has 0 atom stereocenters. The number of hydrogen-bond donors (Lipinski definition) is 0. The molecule has 0 saturated heterocycles. The number of halogens is 1.